The molecule has 0 rings (SSSR count). The first kappa shape index (κ1) is 8.84. The van der Waals surface area contributed by atoms with Crippen LogP contribution in [0.3, 0.4) is 0 Å². The van der Waals surface area contributed by atoms with E-state index in [0.29, 0.717) is 0 Å². The number of hydrogen-bond acceptors (Lipinski definition) is 0. The van der Waals surface area contributed by atoms with Crippen molar-refractivity contribution in [3.63, 3.8) is 0 Å². The monoisotopic (exact) mass is 68.0 g/mol. The van der Waals surface area contributed by atoms with E-state index in [0.717, 1.165) is 0 Å². The van der Waals surface area contributed by atoms with Crippen molar-refractivity contribution in [1.29, 1.82) is 0 Å². The van der Waals surface area contributed by atoms with Gasteiger partial charge in [-0.05, 0) is 0 Å². The average molecular weight is 68.4 g/mol. The Kier molecular flexibility index (Phi) is 20.4. The summed E-state index contributed by atoms with van der Waals surface area (Å²) in [6.45, 7) is 4.00. The summed E-state index contributed by atoms with van der Waals surface area (Å²) in [5, 5.41) is 0. The first-order valence-electron chi connectivity index (χ1n) is 1.15. The van der Waals surface area contributed by atoms with Crippen molar-refractivity contribution in [3.8, 4) is 0 Å². The van der Waals surface area contributed by atoms with Crippen LogP contribution < -0.4 is 0 Å². The van der Waals surface area contributed by atoms with Crippen LogP contribution in [0.4, 0.5) is 0 Å². The van der Waals surface area contributed by atoms with E-state index in [9.17, 15) is 0 Å². The molecule has 0 unspecified atom stereocenters. The Morgan fingerprint density at radius 2 is 1.50 bits per heavy atom. The largest absolute Gasteiger partial charge is 2.00 e. The molecule has 0 aromatic rings. The van der Waals surface area contributed by atoms with Crippen LogP contribution in [-0.2, 0) is 0 Å². The summed E-state index contributed by atoms with van der Waals surface area (Å²) in [5.41, 5.74) is 0. The van der Waals surface area contributed by atoms with Crippen LogP contribution >= 0.6 is 0 Å². The van der Waals surface area contributed by atoms with Gasteiger partial charge in [-0.3, -0.25) is 0 Å². The second-order valence-electron chi connectivity index (χ2n) is 0.577. The Balaban J connectivity index is -0.0000000200. The molecule has 0 radical (unpaired) electrons. The number of rotatable bonds is 0. The van der Waals surface area contributed by atoms with E-state index >= 15 is 0 Å². The topological polar surface area (TPSA) is 0 Å². The molecular formula is C3H8Mg. The number of hydrogen-bond donors (Lipinski definition) is 0. The fraction of sp³-hybridized carbons (Fsp3) is 0.667. The molecule has 0 saturated heterocycles. The minimum atomic E-state index is 0. The standard InChI is InChI=1S/C3H7.Mg.H/c1-3-2;;/h3H,1-2H3;;/q-1;+2;-1. The zero-order valence-corrected chi connectivity index (χ0v) is 4.70. The second-order valence-corrected chi connectivity index (χ2v) is 0.577. The SMILES string of the molecule is C[CH-]C.[H-].[Mg+2]. The maximum Gasteiger partial charge on any atom is 2.00 e. The predicted molar refractivity (Wildman–Crippen MR) is 22.5 cm³/mol. The van der Waals surface area contributed by atoms with E-state index < -0.39 is 0 Å². The van der Waals surface area contributed by atoms with Gasteiger partial charge in [0.15, 0.2) is 0 Å². The molecule has 0 aliphatic rings. The van der Waals surface area contributed by atoms with E-state index in [1.807, 2.05) is 20.3 Å². The normalized spacial score (nSPS) is 4.50. The maximum atomic E-state index is 2.00. The Bertz CT molecular complexity index is 6.85. The molecule has 0 fully saturated rings. The van der Waals surface area contributed by atoms with Gasteiger partial charge in [0.1, 0.15) is 0 Å². The van der Waals surface area contributed by atoms with Crippen molar-refractivity contribution in [2.45, 2.75) is 13.8 Å². The van der Waals surface area contributed by atoms with Crippen molar-refractivity contribution in [2.75, 3.05) is 0 Å². The summed E-state index contributed by atoms with van der Waals surface area (Å²) in [7, 11) is 0. The van der Waals surface area contributed by atoms with E-state index in [1.54, 1.807) is 0 Å². The molecule has 0 aliphatic heterocycles. The molecule has 22 valence electrons. The molecule has 4 heavy (non-hydrogen) atoms. The van der Waals surface area contributed by atoms with E-state index in [2.05, 4.69) is 0 Å². The summed E-state index contributed by atoms with van der Waals surface area (Å²) in [6, 6.07) is 0. The van der Waals surface area contributed by atoms with Crippen LogP contribution in [0.1, 0.15) is 15.3 Å². The molecule has 0 saturated carbocycles. The Hall–Kier alpha value is 0.766. The van der Waals surface area contributed by atoms with Crippen molar-refractivity contribution in [1.82, 2.24) is 0 Å². The van der Waals surface area contributed by atoms with Crippen molar-refractivity contribution in [3.05, 3.63) is 6.42 Å². The molecule has 0 aromatic carbocycles. The van der Waals surface area contributed by atoms with Crippen LogP contribution in [0.2, 0.25) is 0 Å². The Labute approximate surface area is 45.2 Å². The molecule has 0 bridgehead atoms. The predicted octanol–water partition coefficient (Wildman–Crippen LogP) is 0.962. The fourth-order valence-corrected chi connectivity index (χ4v) is 0. The third kappa shape index (κ3) is 14.7. The van der Waals surface area contributed by atoms with Gasteiger partial charge >= 0.3 is 23.1 Å². The van der Waals surface area contributed by atoms with Crippen LogP contribution in [0.15, 0.2) is 0 Å². The molecule has 0 heterocycles. The summed E-state index contributed by atoms with van der Waals surface area (Å²) in [4.78, 5) is 0. The molecule has 0 aromatic heterocycles. The zero-order chi connectivity index (χ0) is 2.71. The van der Waals surface area contributed by atoms with Gasteiger partial charge in [-0.15, -0.1) is 0 Å². The van der Waals surface area contributed by atoms with Crippen LogP contribution in [0.5, 0.6) is 0 Å². The molecular weight excluding hydrogens is 60.3 g/mol. The molecule has 0 N–H and O–H groups in total. The fourth-order valence-electron chi connectivity index (χ4n) is 0. The second kappa shape index (κ2) is 9.24. The van der Waals surface area contributed by atoms with E-state index in [4.69, 9.17) is 0 Å². The smallest absolute Gasteiger partial charge is 1.00 e. The first-order chi connectivity index (χ1) is 1.41. The van der Waals surface area contributed by atoms with Gasteiger partial charge in [0.2, 0.25) is 0 Å². The minimum absolute atomic E-state index is 0. The Morgan fingerprint density at radius 1 is 1.50 bits per heavy atom. The Morgan fingerprint density at radius 3 is 1.50 bits per heavy atom. The van der Waals surface area contributed by atoms with Crippen molar-refractivity contribution in [2.24, 2.45) is 0 Å². The van der Waals surface area contributed by atoms with Crippen LogP contribution in [-0.4, -0.2) is 23.1 Å². The summed E-state index contributed by atoms with van der Waals surface area (Å²) in [5.74, 6) is 0. The van der Waals surface area contributed by atoms with E-state index in [-0.39, 0.29) is 24.5 Å². The van der Waals surface area contributed by atoms with Crippen molar-refractivity contribution < 1.29 is 1.43 Å². The molecule has 0 amide bonds. The molecule has 0 atom stereocenters. The van der Waals surface area contributed by atoms with Gasteiger partial charge < -0.3 is 7.85 Å². The quantitative estimate of drug-likeness (QED) is 0.293. The maximum absolute atomic E-state index is 2.00. The van der Waals surface area contributed by atoms with Crippen LogP contribution in [0.25, 0.3) is 0 Å². The van der Waals surface area contributed by atoms with Crippen molar-refractivity contribution >= 4 is 23.1 Å². The third-order valence-electron chi connectivity index (χ3n) is 0. The van der Waals surface area contributed by atoms with Gasteiger partial charge in [0.25, 0.3) is 0 Å². The average Bonchev–Trinajstić information content (AvgIpc) is 0.918. The molecule has 0 nitrogen and oxygen atoms in total. The zero-order valence-electron chi connectivity index (χ0n) is 4.28. The van der Waals surface area contributed by atoms with Gasteiger partial charge in [-0.25, -0.2) is 0 Å². The summed E-state index contributed by atoms with van der Waals surface area (Å²) < 4.78 is 0. The molecule has 0 aliphatic carbocycles. The summed E-state index contributed by atoms with van der Waals surface area (Å²) >= 11 is 0. The minimum Gasteiger partial charge on any atom is -1.00 e. The van der Waals surface area contributed by atoms with E-state index in [1.165, 1.54) is 0 Å². The first-order valence-corrected chi connectivity index (χ1v) is 1.15. The van der Waals surface area contributed by atoms with Gasteiger partial charge in [-0.1, -0.05) is 0 Å². The molecule has 1 heteroatoms. The van der Waals surface area contributed by atoms with Crippen LogP contribution in [0, 0.1) is 6.42 Å². The van der Waals surface area contributed by atoms with Gasteiger partial charge in [-0.2, -0.15) is 13.8 Å². The summed E-state index contributed by atoms with van der Waals surface area (Å²) in [6.07, 6.45) is 2.00. The third-order valence-corrected chi connectivity index (χ3v) is 0. The van der Waals surface area contributed by atoms with Gasteiger partial charge in [0.05, 0.1) is 0 Å². The van der Waals surface area contributed by atoms with Gasteiger partial charge in [0, 0.05) is 0 Å². The molecule has 0 spiro atoms.